The third-order valence-electron chi connectivity index (χ3n) is 5.39. The summed E-state index contributed by atoms with van der Waals surface area (Å²) >= 11 is 0. The third kappa shape index (κ3) is 6.67. The van der Waals surface area contributed by atoms with E-state index in [4.69, 9.17) is 5.26 Å². The second-order valence-corrected chi connectivity index (χ2v) is 7.81. The van der Waals surface area contributed by atoms with Gasteiger partial charge in [-0.3, -0.25) is 14.4 Å². The van der Waals surface area contributed by atoms with E-state index in [1.807, 2.05) is 53.4 Å². The van der Waals surface area contributed by atoms with Gasteiger partial charge >= 0.3 is 0 Å². The molecule has 0 radical (unpaired) electrons. The van der Waals surface area contributed by atoms with Gasteiger partial charge in [-0.25, -0.2) is 0 Å². The standard InChI is InChI=1S/C25H28N4O3/c26-15-7-17-29(22-10-2-1-3-11-22)25(32)14-13-23(30)27-21-9-6-8-20(18-21)19-28-16-5-4-12-24(28)31/h1-3,6,8-11,18H,4-5,7,12-14,16-17,19H2,(H,27,30). The summed E-state index contributed by atoms with van der Waals surface area (Å²) in [6, 6.07) is 18.7. The van der Waals surface area contributed by atoms with Gasteiger partial charge in [0, 0.05) is 50.3 Å². The first-order valence-corrected chi connectivity index (χ1v) is 11.0. The Morgan fingerprint density at radius 1 is 1.06 bits per heavy atom. The SMILES string of the molecule is N#CCCN(C(=O)CCC(=O)Nc1cccc(CN2CCCCC2=O)c1)c1ccccc1. The summed E-state index contributed by atoms with van der Waals surface area (Å²) in [5.41, 5.74) is 2.32. The van der Waals surface area contributed by atoms with Gasteiger partial charge in [0.2, 0.25) is 17.7 Å². The molecule has 7 heteroatoms. The first-order chi connectivity index (χ1) is 15.6. The van der Waals surface area contributed by atoms with Crippen molar-refractivity contribution < 1.29 is 14.4 Å². The van der Waals surface area contributed by atoms with E-state index in [2.05, 4.69) is 11.4 Å². The van der Waals surface area contributed by atoms with Crippen molar-refractivity contribution in [2.45, 2.75) is 45.1 Å². The number of nitrogens with one attached hydrogen (secondary N) is 1. The predicted octanol–water partition coefficient (Wildman–Crippen LogP) is 3.86. The van der Waals surface area contributed by atoms with Gasteiger partial charge in [-0.1, -0.05) is 30.3 Å². The van der Waals surface area contributed by atoms with E-state index in [0.717, 1.165) is 24.9 Å². The highest BCUT2D eigenvalue weighted by Gasteiger charge is 2.19. The van der Waals surface area contributed by atoms with Crippen LogP contribution in [0.2, 0.25) is 0 Å². The lowest BCUT2D eigenvalue weighted by molar-refractivity contribution is -0.133. The molecule has 1 heterocycles. The van der Waals surface area contributed by atoms with E-state index < -0.39 is 0 Å². The second-order valence-electron chi connectivity index (χ2n) is 7.81. The molecule has 166 valence electrons. The summed E-state index contributed by atoms with van der Waals surface area (Å²) < 4.78 is 0. The molecule has 1 fully saturated rings. The van der Waals surface area contributed by atoms with Crippen LogP contribution >= 0.6 is 0 Å². The molecule has 3 rings (SSSR count). The Kier molecular flexibility index (Phi) is 8.38. The van der Waals surface area contributed by atoms with Gasteiger partial charge in [-0.2, -0.15) is 5.26 Å². The molecule has 2 aromatic carbocycles. The highest BCUT2D eigenvalue weighted by Crippen LogP contribution is 2.18. The van der Waals surface area contributed by atoms with Gasteiger partial charge in [0.25, 0.3) is 0 Å². The number of nitriles is 1. The van der Waals surface area contributed by atoms with Crippen molar-refractivity contribution in [1.29, 1.82) is 5.26 Å². The molecule has 0 aromatic heterocycles. The van der Waals surface area contributed by atoms with E-state index in [1.165, 1.54) is 0 Å². The van der Waals surface area contributed by atoms with E-state index in [1.54, 1.807) is 11.0 Å². The molecule has 2 aromatic rings. The molecule has 0 aliphatic carbocycles. The zero-order chi connectivity index (χ0) is 22.8. The van der Waals surface area contributed by atoms with Crippen LogP contribution in [0.3, 0.4) is 0 Å². The molecule has 0 bridgehead atoms. The average molecular weight is 433 g/mol. The Morgan fingerprint density at radius 2 is 1.88 bits per heavy atom. The fourth-order valence-corrected chi connectivity index (χ4v) is 3.74. The number of hydrogen-bond acceptors (Lipinski definition) is 4. The fourth-order valence-electron chi connectivity index (χ4n) is 3.74. The molecule has 3 amide bonds. The highest BCUT2D eigenvalue weighted by atomic mass is 16.2. The van der Waals surface area contributed by atoms with Gasteiger partial charge in [0.1, 0.15) is 0 Å². The number of likely N-dealkylation sites (tertiary alicyclic amines) is 1. The number of hydrogen-bond donors (Lipinski definition) is 1. The summed E-state index contributed by atoms with van der Waals surface area (Å²) in [7, 11) is 0. The van der Waals surface area contributed by atoms with Crippen LogP contribution < -0.4 is 10.2 Å². The summed E-state index contributed by atoms with van der Waals surface area (Å²) in [5.74, 6) is -0.277. The Morgan fingerprint density at radius 3 is 2.62 bits per heavy atom. The summed E-state index contributed by atoms with van der Waals surface area (Å²) in [6.45, 7) is 1.59. The molecule has 0 atom stereocenters. The zero-order valence-corrected chi connectivity index (χ0v) is 18.1. The number of piperidine rings is 1. The summed E-state index contributed by atoms with van der Waals surface area (Å²) in [5, 5.41) is 11.7. The van der Waals surface area contributed by atoms with E-state index >= 15 is 0 Å². The van der Waals surface area contributed by atoms with Crippen molar-refractivity contribution in [2.75, 3.05) is 23.3 Å². The van der Waals surface area contributed by atoms with Crippen LogP contribution in [0.4, 0.5) is 11.4 Å². The number of carbonyl (C=O) groups excluding carboxylic acids is 3. The quantitative estimate of drug-likeness (QED) is 0.651. The molecule has 32 heavy (non-hydrogen) atoms. The molecular formula is C25H28N4O3. The molecule has 0 saturated carbocycles. The maximum Gasteiger partial charge on any atom is 0.227 e. The van der Waals surface area contributed by atoms with Crippen LogP contribution in [-0.2, 0) is 20.9 Å². The summed E-state index contributed by atoms with van der Waals surface area (Å²) in [6.07, 6.45) is 2.88. The molecule has 1 aliphatic rings. The smallest absolute Gasteiger partial charge is 0.227 e. The number of anilines is 2. The Bertz CT molecular complexity index is 984. The Balaban J connectivity index is 1.54. The Hall–Kier alpha value is -3.66. The lowest BCUT2D eigenvalue weighted by Crippen LogP contribution is -2.34. The number of para-hydroxylation sites is 1. The van der Waals surface area contributed by atoms with Gasteiger partial charge in [-0.15, -0.1) is 0 Å². The first-order valence-electron chi connectivity index (χ1n) is 11.0. The minimum absolute atomic E-state index is 0.0452. The highest BCUT2D eigenvalue weighted by molar-refractivity contribution is 5.98. The number of nitrogens with zero attached hydrogens (tertiary/aromatic N) is 3. The van der Waals surface area contributed by atoms with Crippen molar-refractivity contribution in [1.82, 2.24) is 4.90 Å². The molecule has 1 aliphatic heterocycles. The number of carbonyl (C=O) groups is 3. The average Bonchev–Trinajstić information content (AvgIpc) is 2.80. The van der Waals surface area contributed by atoms with Crippen LogP contribution in [0.15, 0.2) is 54.6 Å². The molecular weight excluding hydrogens is 404 g/mol. The van der Waals surface area contributed by atoms with Crippen LogP contribution in [0.25, 0.3) is 0 Å². The molecule has 1 saturated heterocycles. The Labute approximate surface area is 188 Å². The molecule has 0 spiro atoms. The van der Waals surface area contributed by atoms with Crippen molar-refractivity contribution >= 4 is 29.1 Å². The fraction of sp³-hybridized carbons (Fsp3) is 0.360. The molecule has 0 unspecified atom stereocenters. The minimum atomic E-state index is -0.252. The van der Waals surface area contributed by atoms with E-state index in [9.17, 15) is 14.4 Å². The van der Waals surface area contributed by atoms with Gasteiger partial charge in [0.05, 0.1) is 12.5 Å². The van der Waals surface area contributed by atoms with Gasteiger partial charge < -0.3 is 15.1 Å². The lowest BCUT2D eigenvalue weighted by Gasteiger charge is -2.26. The van der Waals surface area contributed by atoms with Crippen molar-refractivity contribution in [3.05, 3.63) is 60.2 Å². The first kappa shape index (κ1) is 23.0. The number of rotatable bonds is 9. The van der Waals surface area contributed by atoms with Gasteiger partial charge in [0.15, 0.2) is 0 Å². The largest absolute Gasteiger partial charge is 0.338 e. The van der Waals surface area contributed by atoms with E-state index in [-0.39, 0.29) is 43.5 Å². The van der Waals surface area contributed by atoms with Crippen LogP contribution in [-0.4, -0.2) is 35.7 Å². The van der Waals surface area contributed by atoms with Crippen LogP contribution in [0.1, 0.15) is 44.1 Å². The van der Waals surface area contributed by atoms with Gasteiger partial charge in [-0.05, 0) is 42.7 Å². The van der Waals surface area contributed by atoms with Crippen molar-refractivity contribution in [2.24, 2.45) is 0 Å². The van der Waals surface area contributed by atoms with Crippen LogP contribution in [0, 0.1) is 11.3 Å². The predicted molar refractivity (Wildman–Crippen MR) is 123 cm³/mol. The maximum atomic E-state index is 12.7. The van der Waals surface area contributed by atoms with Crippen LogP contribution in [0.5, 0.6) is 0 Å². The van der Waals surface area contributed by atoms with Crippen molar-refractivity contribution in [3.63, 3.8) is 0 Å². The molecule has 7 nitrogen and oxygen atoms in total. The van der Waals surface area contributed by atoms with Crippen molar-refractivity contribution in [3.8, 4) is 6.07 Å². The zero-order valence-electron chi connectivity index (χ0n) is 18.1. The topological polar surface area (TPSA) is 93.5 Å². The maximum absolute atomic E-state index is 12.7. The molecule has 1 N–H and O–H groups in total. The lowest BCUT2D eigenvalue weighted by atomic mass is 10.1. The van der Waals surface area contributed by atoms with E-state index in [0.29, 0.717) is 24.3 Å². The number of amides is 3. The summed E-state index contributed by atoms with van der Waals surface area (Å²) in [4.78, 5) is 40.6. The number of benzene rings is 2. The monoisotopic (exact) mass is 432 g/mol. The second kappa shape index (κ2) is 11.7. The minimum Gasteiger partial charge on any atom is -0.338 e. The third-order valence-corrected chi connectivity index (χ3v) is 5.39. The normalized spacial score (nSPS) is 13.3.